The molecule has 5 heterocycles. The number of likely N-dealkylation sites (tertiary alicyclic amines) is 1. The molecule has 0 aliphatic carbocycles. The number of ether oxygens (including phenoxy) is 2. The zero-order valence-corrected chi connectivity index (χ0v) is 24.5. The lowest BCUT2D eigenvalue weighted by molar-refractivity contribution is -0.133. The highest BCUT2D eigenvalue weighted by Gasteiger charge is 2.44. The highest BCUT2D eigenvalue weighted by atomic mass is 32.2. The molecular weight excluding hydrogens is 617 g/mol. The molecule has 2 saturated heterocycles. The highest BCUT2D eigenvalue weighted by molar-refractivity contribution is 7.89. The van der Waals surface area contributed by atoms with Crippen LogP contribution in [-0.2, 0) is 16.6 Å². The van der Waals surface area contributed by atoms with E-state index in [4.69, 9.17) is 19.3 Å². The number of carbonyl (C=O) groups is 1. The second kappa shape index (κ2) is 11.5. The summed E-state index contributed by atoms with van der Waals surface area (Å²) in [6, 6.07) is 7.36. The topological polar surface area (TPSA) is 157 Å². The molecule has 13 nitrogen and oxygen atoms in total. The van der Waals surface area contributed by atoms with E-state index in [1.807, 2.05) is 0 Å². The summed E-state index contributed by atoms with van der Waals surface area (Å²) in [4.78, 5) is 23.0. The fourth-order valence-electron chi connectivity index (χ4n) is 5.55. The number of pyridine rings is 1. The highest BCUT2D eigenvalue weighted by Crippen LogP contribution is 2.34. The Morgan fingerprint density at radius 2 is 1.98 bits per heavy atom. The maximum Gasteiger partial charge on any atom is 0.272 e. The van der Waals surface area contributed by atoms with Crippen LogP contribution >= 0.6 is 0 Å². The van der Waals surface area contributed by atoms with Crippen molar-refractivity contribution in [1.29, 1.82) is 0 Å². The molecule has 3 aromatic heterocycles. The number of sulfonamides is 1. The van der Waals surface area contributed by atoms with Crippen molar-refractivity contribution in [3.05, 3.63) is 60.0 Å². The molecule has 238 valence electrons. The van der Waals surface area contributed by atoms with E-state index < -0.39 is 78.7 Å². The van der Waals surface area contributed by atoms with Gasteiger partial charge in [0.25, 0.3) is 11.8 Å². The number of nitrogens with zero attached hydrogens (tertiary/aromatic N) is 6. The van der Waals surface area contributed by atoms with Crippen molar-refractivity contribution in [1.82, 2.24) is 34.1 Å². The second-order valence-corrected chi connectivity index (χ2v) is 12.6. The van der Waals surface area contributed by atoms with E-state index in [1.165, 1.54) is 53.3 Å². The molecule has 1 amide bonds. The van der Waals surface area contributed by atoms with Gasteiger partial charge in [-0.05, 0) is 29.8 Å². The summed E-state index contributed by atoms with van der Waals surface area (Å²) in [5.41, 5.74) is 7.08. The van der Waals surface area contributed by atoms with Crippen molar-refractivity contribution >= 4 is 27.3 Å². The van der Waals surface area contributed by atoms with Gasteiger partial charge in [-0.25, -0.2) is 36.1 Å². The van der Waals surface area contributed by atoms with Gasteiger partial charge in [0.15, 0.2) is 5.82 Å². The lowest BCUT2D eigenvalue weighted by Gasteiger charge is -2.38. The molecule has 2 atom stereocenters. The van der Waals surface area contributed by atoms with E-state index >= 15 is 4.39 Å². The number of hydrogen-bond donors (Lipinski definition) is 2. The molecule has 6 rings (SSSR count). The Morgan fingerprint density at radius 1 is 1.20 bits per heavy atom. The largest absolute Gasteiger partial charge is 0.495 e. The number of hydrogen-bond acceptors (Lipinski definition) is 10. The third kappa shape index (κ3) is 5.62. The van der Waals surface area contributed by atoms with Crippen molar-refractivity contribution < 1.29 is 40.0 Å². The lowest BCUT2D eigenvalue weighted by atomic mass is 10.1. The minimum atomic E-state index is -4.22. The predicted octanol–water partition coefficient (Wildman–Crippen LogP) is 1.98. The van der Waals surface area contributed by atoms with Gasteiger partial charge in [-0.2, -0.15) is 9.40 Å². The number of amides is 1. The number of alkyl halides is 3. The standard InChI is InChI=1S/C28H29F3N8O5S/c1-43-22-5-3-4-6-23(22)45(41,42)38-11-19(29)20(12-38)36-26(40)18-7-16(9-33-27(18)44-2)21-8-17(10-37-13-28(30,31)14-37)24-25(32)34-15-35-39(21)24/h3-9,15,19-20H,10-14H2,1-2H3,(H,36,40)(H2,32,34,35)/t19-,20+/m0/s1/i2D3. The van der Waals surface area contributed by atoms with Gasteiger partial charge in [0.1, 0.15) is 34.2 Å². The van der Waals surface area contributed by atoms with Crippen LogP contribution in [0.5, 0.6) is 11.6 Å². The van der Waals surface area contributed by atoms with E-state index in [2.05, 4.69) is 20.4 Å². The maximum atomic E-state index is 15.3. The number of para-hydroxylation sites is 1. The van der Waals surface area contributed by atoms with Gasteiger partial charge in [-0.1, -0.05) is 12.1 Å². The molecule has 0 spiro atoms. The van der Waals surface area contributed by atoms with Gasteiger partial charge in [-0.15, -0.1) is 0 Å². The average Bonchev–Trinajstić information content (AvgIpc) is 3.56. The molecule has 0 unspecified atom stereocenters. The molecule has 3 N–H and O–H groups in total. The quantitative estimate of drug-likeness (QED) is 0.275. The SMILES string of the molecule is [2H]C([2H])([2H])Oc1ncc(-c2cc(CN3CC(F)(F)C3)c3c(N)ncnn23)cc1C(=O)N[C@@H]1CN(S(=O)(=O)c2ccccc2OC)C[C@@H]1F. The summed E-state index contributed by atoms with van der Waals surface area (Å²) in [6.07, 6.45) is 0.564. The van der Waals surface area contributed by atoms with Crippen molar-refractivity contribution in [2.75, 3.05) is 46.1 Å². The number of methoxy groups -OCH3 is 2. The summed E-state index contributed by atoms with van der Waals surface area (Å²) >= 11 is 0. The molecular formula is C28H29F3N8O5S. The number of nitrogens with two attached hydrogens (primary N) is 1. The molecule has 2 aliphatic heterocycles. The molecule has 45 heavy (non-hydrogen) atoms. The van der Waals surface area contributed by atoms with E-state index in [0.717, 1.165) is 4.31 Å². The average molecular weight is 650 g/mol. The molecule has 4 aromatic rings. The third-order valence-corrected chi connectivity index (χ3v) is 9.54. The zero-order chi connectivity index (χ0) is 34.6. The zero-order valence-electron chi connectivity index (χ0n) is 26.7. The lowest BCUT2D eigenvalue weighted by Crippen LogP contribution is -2.55. The number of halogens is 3. The summed E-state index contributed by atoms with van der Waals surface area (Å²) in [7, 11) is -5.94. The van der Waals surface area contributed by atoms with Crippen LogP contribution in [-0.4, -0.2) is 102 Å². The summed E-state index contributed by atoms with van der Waals surface area (Å²) in [5, 5.41) is 6.67. The number of carbonyl (C=O) groups excluding carboxylic acids is 1. The van der Waals surface area contributed by atoms with Crippen LogP contribution in [0.15, 0.2) is 53.8 Å². The first kappa shape index (κ1) is 26.9. The summed E-state index contributed by atoms with van der Waals surface area (Å²) in [5.74, 6) is -4.27. The van der Waals surface area contributed by atoms with Crippen LogP contribution in [0.2, 0.25) is 0 Å². The van der Waals surface area contributed by atoms with Gasteiger partial charge in [-0.3, -0.25) is 9.69 Å². The Morgan fingerprint density at radius 3 is 2.71 bits per heavy atom. The molecule has 0 bridgehead atoms. The number of aromatic nitrogens is 4. The van der Waals surface area contributed by atoms with Crippen LogP contribution in [0.1, 0.15) is 20.0 Å². The second-order valence-electron chi connectivity index (χ2n) is 10.7. The summed E-state index contributed by atoms with van der Waals surface area (Å²) < 4.78 is 104. The Hall–Kier alpha value is -4.48. The first-order valence-corrected chi connectivity index (χ1v) is 15.0. The third-order valence-electron chi connectivity index (χ3n) is 7.67. The molecule has 17 heteroatoms. The number of nitrogen functional groups attached to an aromatic ring is 1. The normalized spacial score (nSPS) is 21.5. The van der Waals surface area contributed by atoms with Crippen LogP contribution in [0.25, 0.3) is 16.8 Å². The number of nitrogens with one attached hydrogen (secondary N) is 1. The number of anilines is 1. The summed E-state index contributed by atoms with van der Waals surface area (Å²) in [6.45, 7) is -1.81. The van der Waals surface area contributed by atoms with Crippen LogP contribution in [0.4, 0.5) is 19.0 Å². The minimum Gasteiger partial charge on any atom is -0.495 e. The first-order chi connectivity index (χ1) is 22.6. The number of rotatable bonds is 9. The van der Waals surface area contributed by atoms with Gasteiger partial charge < -0.3 is 20.5 Å². The van der Waals surface area contributed by atoms with E-state index in [0.29, 0.717) is 16.8 Å². The molecule has 0 saturated carbocycles. The van der Waals surface area contributed by atoms with Gasteiger partial charge >= 0.3 is 0 Å². The molecule has 2 fully saturated rings. The van der Waals surface area contributed by atoms with Gasteiger partial charge in [0.05, 0.1) is 43.1 Å². The fourth-order valence-corrected chi connectivity index (χ4v) is 7.18. The van der Waals surface area contributed by atoms with Gasteiger partial charge in [0.2, 0.25) is 15.9 Å². The Balaban J connectivity index is 1.31. The van der Waals surface area contributed by atoms with Crippen LogP contribution < -0.4 is 20.5 Å². The maximum absolute atomic E-state index is 15.3. The Bertz CT molecular complexity index is 1990. The van der Waals surface area contributed by atoms with E-state index in [1.54, 1.807) is 12.1 Å². The van der Waals surface area contributed by atoms with Crippen molar-refractivity contribution in [3.63, 3.8) is 0 Å². The van der Waals surface area contributed by atoms with Gasteiger partial charge in [0, 0.05) is 31.4 Å². The van der Waals surface area contributed by atoms with Crippen LogP contribution in [0.3, 0.4) is 0 Å². The molecule has 1 aromatic carbocycles. The van der Waals surface area contributed by atoms with Crippen LogP contribution in [0, 0.1) is 0 Å². The smallest absolute Gasteiger partial charge is 0.272 e. The minimum absolute atomic E-state index is 0.0608. The fraction of sp³-hybridized carbons (Fsp3) is 0.357. The monoisotopic (exact) mass is 649 g/mol. The van der Waals surface area contributed by atoms with Crippen molar-refractivity contribution in [3.8, 4) is 22.9 Å². The van der Waals surface area contributed by atoms with E-state index in [-0.39, 0.29) is 28.6 Å². The predicted molar refractivity (Wildman–Crippen MR) is 155 cm³/mol. The Labute approximate surface area is 260 Å². The molecule has 0 radical (unpaired) electrons. The van der Waals surface area contributed by atoms with E-state index in [9.17, 15) is 22.0 Å². The Kier molecular flexibility index (Phi) is 6.85. The molecule has 2 aliphatic rings. The number of benzene rings is 1. The van der Waals surface area contributed by atoms with Crippen molar-refractivity contribution in [2.24, 2.45) is 0 Å². The first-order valence-electron chi connectivity index (χ1n) is 15.0. The number of fused-ring (bicyclic) bond motifs is 1. The van der Waals surface area contributed by atoms with Crippen molar-refractivity contribution in [2.45, 2.75) is 29.6 Å².